The molecule has 2 aromatic carbocycles. The van der Waals surface area contributed by atoms with Gasteiger partial charge in [-0.15, -0.1) is 11.6 Å². The predicted octanol–water partition coefficient (Wildman–Crippen LogP) is 5.57. The minimum Gasteiger partial charge on any atom is -0.454 e. The maximum atomic E-state index is 13.6. The summed E-state index contributed by atoms with van der Waals surface area (Å²) in [5.74, 6) is -1.31. The van der Waals surface area contributed by atoms with Crippen LogP contribution in [0.1, 0.15) is 11.1 Å². The Morgan fingerprint density at radius 3 is 2.58 bits per heavy atom. The molecule has 0 heterocycles. The van der Waals surface area contributed by atoms with E-state index in [9.17, 15) is 8.78 Å². The standard InChI is InChI=1S/C14H10BrClF2O/c1-8-4-11(3-2-9(8)7-16)19-13-6-10(15)5-12(17)14(13)18/h2-6H,7H2,1H3. The third kappa shape index (κ3) is 3.25. The number of benzene rings is 2. The first-order valence-electron chi connectivity index (χ1n) is 5.49. The number of alkyl halides is 1. The summed E-state index contributed by atoms with van der Waals surface area (Å²) in [6.45, 7) is 1.88. The fraction of sp³-hybridized carbons (Fsp3) is 0.143. The summed E-state index contributed by atoms with van der Waals surface area (Å²) in [7, 11) is 0. The Kier molecular flexibility index (Phi) is 4.42. The van der Waals surface area contributed by atoms with Crippen molar-refractivity contribution in [3.8, 4) is 11.5 Å². The van der Waals surface area contributed by atoms with E-state index < -0.39 is 11.6 Å². The molecule has 0 atom stereocenters. The molecule has 0 radical (unpaired) electrons. The van der Waals surface area contributed by atoms with Crippen molar-refractivity contribution in [1.29, 1.82) is 0 Å². The summed E-state index contributed by atoms with van der Waals surface area (Å²) in [6, 6.07) is 7.62. The number of hydrogen-bond acceptors (Lipinski definition) is 1. The van der Waals surface area contributed by atoms with Crippen LogP contribution in [0.3, 0.4) is 0 Å². The molecule has 0 unspecified atom stereocenters. The van der Waals surface area contributed by atoms with Crippen molar-refractivity contribution >= 4 is 27.5 Å². The van der Waals surface area contributed by atoms with Gasteiger partial charge in [-0.25, -0.2) is 4.39 Å². The smallest absolute Gasteiger partial charge is 0.201 e. The molecule has 0 amide bonds. The fourth-order valence-corrected chi connectivity index (χ4v) is 2.32. The van der Waals surface area contributed by atoms with Gasteiger partial charge in [0.2, 0.25) is 5.82 Å². The first-order valence-corrected chi connectivity index (χ1v) is 6.82. The van der Waals surface area contributed by atoms with Gasteiger partial charge in [0.05, 0.1) is 0 Å². The van der Waals surface area contributed by atoms with Crippen LogP contribution in [-0.4, -0.2) is 0 Å². The molecular weight excluding hydrogens is 338 g/mol. The molecule has 0 saturated carbocycles. The maximum Gasteiger partial charge on any atom is 0.201 e. The second-order valence-corrected chi connectivity index (χ2v) is 5.21. The van der Waals surface area contributed by atoms with E-state index in [0.717, 1.165) is 17.2 Å². The second kappa shape index (κ2) is 5.88. The Morgan fingerprint density at radius 2 is 1.95 bits per heavy atom. The molecule has 0 aliphatic rings. The quantitative estimate of drug-likeness (QED) is 0.521. The molecule has 0 aliphatic heterocycles. The van der Waals surface area contributed by atoms with Crippen LogP contribution in [0.2, 0.25) is 0 Å². The Morgan fingerprint density at radius 1 is 1.21 bits per heavy atom. The summed E-state index contributed by atoms with van der Waals surface area (Å²) < 4.78 is 32.6. The van der Waals surface area contributed by atoms with Crippen molar-refractivity contribution < 1.29 is 13.5 Å². The van der Waals surface area contributed by atoms with E-state index in [-0.39, 0.29) is 5.75 Å². The predicted molar refractivity (Wildman–Crippen MR) is 74.9 cm³/mol. The molecule has 5 heteroatoms. The molecular formula is C14H10BrClF2O. The number of rotatable bonds is 3. The van der Waals surface area contributed by atoms with E-state index in [2.05, 4.69) is 15.9 Å². The number of ether oxygens (including phenoxy) is 1. The largest absolute Gasteiger partial charge is 0.454 e. The van der Waals surface area contributed by atoms with Gasteiger partial charge in [-0.2, -0.15) is 4.39 Å². The lowest BCUT2D eigenvalue weighted by atomic mass is 10.1. The molecule has 0 fully saturated rings. The van der Waals surface area contributed by atoms with Gasteiger partial charge in [0.15, 0.2) is 11.6 Å². The third-order valence-corrected chi connectivity index (χ3v) is 3.39. The van der Waals surface area contributed by atoms with Crippen LogP contribution in [0.15, 0.2) is 34.8 Å². The fourth-order valence-electron chi connectivity index (χ4n) is 1.62. The number of halogens is 4. The molecule has 2 rings (SSSR count). The Hall–Kier alpha value is -1.13. The highest BCUT2D eigenvalue weighted by atomic mass is 79.9. The van der Waals surface area contributed by atoms with Crippen molar-refractivity contribution in [3.05, 3.63) is 57.6 Å². The summed E-state index contributed by atoms with van der Waals surface area (Å²) in [5.41, 5.74) is 1.90. The van der Waals surface area contributed by atoms with Crippen molar-refractivity contribution in [2.75, 3.05) is 0 Å². The van der Waals surface area contributed by atoms with Crippen molar-refractivity contribution in [1.82, 2.24) is 0 Å². The lowest BCUT2D eigenvalue weighted by molar-refractivity contribution is 0.415. The zero-order chi connectivity index (χ0) is 14.0. The highest BCUT2D eigenvalue weighted by Gasteiger charge is 2.12. The second-order valence-electron chi connectivity index (χ2n) is 4.02. The van der Waals surface area contributed by atoms with Crippen LogP contribution >= 0.6 is 27.5 Å². The van der Waals surface area contributed by atoms with E-state index in [0.29, 0.717) is 16.1 Å². The maximum absolute atomic E-state index is 13.6. The van der Waals surface area contributed by atoms with Gasteiger partial charge in [-0.3, -0.25) is 0 Å². The van der Waals surface area contributed by atoms with E-state index in [4.69, 9.17) is 16.3 Å². The van der Waals surface area contributed by atoms with E-state index in [1.54, 1.807) is 18.2 Å². The Balaban J connectivity index is 2.33. The van der Waals surface area contributed by atoms with Gasteiger partial charge >= 0.3 is 0 Å². The highest BCUT2D eigenvalue weighted by Crippen LogP contribution is 2.30. The van der Waals surface area contributed by atoms with Crippen LogP contribution in [0.25, 0.3) is 0 Å². The summed E-state index contributed by atoms with van der Waals surface area (Å²) >= 11 is 8.85. The molecule has 0 aromatic heterocycles. The molecule has 2 aromatic rings. The van der Waals surface area contributed by atoms with Gasteiger partial charge in [0.25, 0.3) is 0 Å². The molecule has 0 N–H and O–H groups in total. The summed E-state index contributed by atoms with van der Waals surface area (Å²) in [4.78, 5) is 0. The van der Waals surface area contributed by atoms with E-state index >= 15 is 0 Å². The monoisotopic (exact) mass is 346 g/mol. The van der Waals surface area contributed by atoms with Gasteiger partial charge in [0, 0.05) is 10.4 Å². The molecule has 0 saturated heterocycles. The van der Waals surface area contributed by atoms with Crippen molar-refractivity contribution in [2.45, 2.75) is 12.8 Å². The van der Waals surface area contributed by atoms with Gasteiger partial charge in [-0.1, -0.05) is 22.0 Å². The molecule has 0 bridgehead atoms. The first-order chi connectivity index (χ1) is 9.01. The average Bonchev–Trinajstić information content (AvgIpc) is 2.35. The molecule has 0 aliphatic carbocycles. The topological polar surface area (TPSA) is 9.23 Å². The number of hydrogen-bond donors (Lipinski definition) is 0. The molecule has 100 valence electrons. The minimum absolute atomic E-state index is 0.162. The average molecular weight is 348 g/mol. The van der Waals surface area contributed by atoms with Crippen LogP contribution in [0.5, 0.6) is 11.5 Å². The van der Waals surface area contributed by atoms with Crippen LogP contribution in [0, 0.1) is 18.6 Å². The Bertz CT molecular complexity index is 617. The first kappa shape index (κ1) is 14.3. The zero-order valence-electron chi connectivity index (χ0n) is 10.0. The summed E-state index contributed by atoms with van der Waals surface area (Å²) in [6.07, 6.45) is 0. The minimum atomic E-state index is -1.01. The van der Waals surface area contributed by atoms with Crippen LogP contribution in [0.4, 0.5) is 8.78 Å². The van der Waals surface area contributed by atoms with Gasteiger partial charge in [0.1, 0.15) is 5.75 Å². The molecule has 1 nitrogen and oxygen atoms in total. The normalized spacial score (nSPS) is 10.6. The summed E-state index contributed by atoms with van der Waals surface area (Å²) in [5, 5.41) is 0. The number of aryl methyl sites for hydroxylation is 1. The van der Waals surface area contributed by atoms with Crippen LogP contribution < -0.4 is 4.74 Å². The lowest BCUT2D eigenvalue weighted by Crippen LogP contribution is -1.93. The van der Waals surface area contributed by atoms with E-state index in [1.807, 2.05) is 6.92 Å². The highest BCUT2D eigenvalue weighted by molar-refractivity contribution is 9.10. The van der Waals surface area contributed by atoms with Gasteiger partial charge in [-0.05, 0) is 42.3 Å². The van der Waals surface area contributed by atoms with E-state index in [1.165, 1.54) is 6.07 Å². The van der Waals surface area contributed by atoms with Crippen molar-refractivity contribution in [2.24, 2.45) is 0 Å². The molecule has 0 spiro atoms. The van der Waals surface area contributed by atoms with Crippen LogP contribution in [-0.2, 0) is 5.88 Å². The van der Waals surface area contributed by atoms with Gasteiger partial charge < -0.3 is 4.74 Å². The SMILES string of the molecule is Cc1cc(Oc2cc(Br)cc(F)c2F)ccc1CCl. The zero-order valence-corrected chi connectivity index (χ0v) is 12.4. The lowest BCUT2D eigenvalue weighted by Gasteiger charge is -2.10. The third-order valence-electron chi connectivity index (χ3n) is 2.65. The Labute approximate surface area is 123 Å². The van der Waals surface area contributed by atoms with Crippen molar-refractivity contribution in [3.63, 3.8) is 0 Å². The molecule has 19 heavy (non-hydrogen) atoms.